The number of aryl methyl sites for hydroxylation is 2. The van der Waals surface area contributed by atoms with Crippen LogP contribution in [0.5, 0.6) is 0 Å². The van der Waals surface area contributed by atoms with Crippen LogP contribution in [0.1, 0.15) is 67.5 Å². The molecule has 35 heavy (non-hydrogen) atoms. The third kappa shape index (κ3) is 4.24. The first kappa shape index (κ1) is 23.0. The predicted molar refractivity (Wildman–Crippen MR) is 133 cm³/mol. The summed E-state index contributed by atoms with van der Waals surface area (Å²) in [5.74, 6) is -0.0309. The number of amides is 1. The largest absolute Gasteiger partial charge is 0.324 e. The molecule has 3 aromatic heterocycles. The molecule has 0 spiro atoms. The fourth-order valence-corrected chi connectivity index (χ4v) is 4.52. The van der Waals surface area contributed by atoms with Gasteiger partial charge in [-0.3, -0.25) is 4.79 Å². The van der Waals surface area contributed by atoms with Gasteiger partial charge < -0.3 is 14.5 Å². The summed E-state index contributed by atoms with van der Waals surface area (Å²) in [6.45, 7) is 10.2. The molecule has 7 nitrogen and oxygen atoms in total. The molecule has 1 aliphatic heterocycles. The maximum Gasteiger partial charge on any atom is 0.259 e. The van der Waals surface area contributed by atoms with Crippen LogP contribution in [0.2, 0.25) is 0 Å². The summed E-state index contributed by atoms with van der Waals surface area (Å²) in [4.78, 5) is 26.7. The topological polar surface area (TPSA) is 77.6 Å². The molecule has 0 saturated carbocycles. The van der Waals surface area contributed by atoms with E-state index in [9.17, 15) is 9.18 Å². The van der Waals surface area contributed by atoms with Crippen LogP contribution >= 0.6 is 0 Å². The number of rotatable bonds is 4. The number of aromatic nitrogens is 5. The third-order valence-electron chi connectivity index (χ3n) is 6.51. The van der Waals surface area contributed by atoms with Crippen LogP contribution in [-0.4, -0.2) is 30.0 Å². The molecule has 4 aromatic rings. The van der Waals surface area contributed by atoms with Gasteiger partial charge in [0.15, 0.2) is 5.82 Å². The second-order valence-corrected chi connectivity index (χ2v) is 10.2. The number of nitrogens with zero attached hydrogens (tertiary/aromatic N) is 5. The number of fused-ring (bicyclic) bond motifs is 1. The molecule has 5 rings (SSSR count). The number of anilines is 1. The zero-order valence-electron chi connectivity index (χ0n) is 20.6. The van der Waals surface area contributed by atoms with Crippen LogP contribution in [0.25, 0.3) is 17.2 Å². The first-order valence-corrected chi connectivity index (χ1v) is 11.8. The highest BCUT2D eigenvalue weighted by molar-refractivity contribution is 6.04. The summed E-state index contributed by atoms with van der Waals surface area (Å²) in [6, 6.07) is 8.66. The van der Waals surface area contributed by atoms with Crippen molar-refractivity contribution in [3.05, 3.63) is 77.4 Å². The molecule has 1 aliphatic rings. The van der Waals surface area contributed by atoms with Gasteiger partial charge in [-0.2, -0.15) is 0 Å². The molecular formula is C27H29FN6O. The average molecular weight is 473 g/mol. The highest BCUT2D eigenvalue weighted by Crippen LogP contribution is 2.31. The zero-order valence-corrected chi connectivity index (χ0v) is 20.6. The lowest BCUT2D eigenvalue weighted by Crippen LogP contribution is -2.16. The predicted octanol–water partition coefficient (Wildman–Crippen LogP) is 5.64. The van der Waals surface area contributed by atoms with Gasteiger partial charge in [0.1, 0.15) is 17.3 Å². The number of carbonyl (C=O) groups is 1. The molecule has 0 bridgehead atoms. The van der Waals surface area contributed by atoms with E-state index in [0.29, 0.717) is 28.8 Å². The summed E-state index contributed by atoms with van der Waals surface area (Å²) in [5.41, 5.74) is 3.99. The minimum absolute atomic E-state index is 0.0564. The SMILES string of the molecule is Cc1cc(F)c(C(=O)Nc2cccc(-c3ncc4n3[C@@H](C)CC4)n2)cc1-n1cnc(C(C)(C)C)c1. The Morgan fingerprint density at radius 1 is 1.20 bits per heavy atom. The summed E-state index contributed by atoms with van der Waals surface area (Å²) in [7, 11) is 0. The van der Waals surface area contributed by atoms with Crippen molar-refractivity contribution in [1.29, 1.82) is 0 Å². The van der Waals surface area contributed by atoms with Gasteiger partial charge in [0.25, 0.3) is 5.91 Å². The number of carbonyl (C=O) groups excluding carboxylic acids is 1. The summed E-state index contributed by atoms with van der Waals surface area (Å²) >= 11 is 0. The van der Waals surface area contributed by atoms with Gasteiger partial charge in [0.2, 0.25) is 0 Å². The second kappa shape index (κ2) is 8.45. The van der Waals surface area contributed by atoms with Crippen molar-refractivity contribution in [2.45, 2.75) is 58.9 Å². The Balaban J connectivity index is 1.43. The van der Waals surface area contributed by atoms with Crippen LogP contribution in [0, 0.1) is 12.7 Å². The van der Waals surface area contributed by atoms with E-state index in [1.54, 1.807) is 18.5 Å². The maximum atomic E-state index is 14.9. The van der Waals surface area contributed by atoms with E-state index in [-0.39, 0.29) is 11.0 Å². The number of halogens is 1. The molecule has 8 heteroatoms. The van der Waals surface area contributed by atoms with Crippen LogP contribution in [0.15, 0.2) is 49.1 Å². The number of pyridine rings is 1. The fourth-order valence-electron chi connectivity index (χ4n) is 4.52. The Morgan fingerprint density at radius 3 is 2.74 bits per heavy atom. The molecule has 1 N–H and O–H groups in total. The van der Waals surface area contributed by atoms with Gasteiger partial charge in [-0.1, -0.05) is 26.8 Å². The summed E-state index contributed by atoms with van der Waals surface area (Å²) < 4.78 is 18.9. The van der Waals surface area contributed by atoms with Gasteiger partial charge in [0, 0.05) is 29.5 Å². The quantitative estimate of drug-likeness (QED) is 0.417. The van der Waals surface area contributed by atoms with Crippen molar-refractivity contribution >= 4 is 11.7 Å². The molecular weight excluding hydrogens is 443 g/mol. The first-order valence-electron chi connectivity index (χ1n) is 11.8. The highest BCUT2D eigenvalue weighted by Gasteiger charge is 2.24. The maximum absolute atomic E-state index is 14.9. The van der Waals surface area contributed by atoms with Crippen molar-refractivity contribution in [3.8, 4) is 17.2 Å². The number of hydrogen-bond donors (Lipinski definition) is 1. The molecule has 0 fully saturated rings. The lowest BCUT2D eigenvalue weighted by Gasteiger charge is -2.15. The van der Waals surface area contributed by atoms with E-state index >= 15 is 0 Å². The standard InChI is InChI=1S/C27H29FN6O/c1-16-11-20(28)19(12-22(16)33-14-23(30-15-33)27(3,4)5)26(35)32-24-8-6-7-21(31-24)25-29-13-18-10-9-17(2)34(18)25/h6-8,11-15,17H,9-10H2,1-5H3,(H,31,32,35)/t17-/m0/s1. The van der Waals surface area contributed by atoms with Crippen LogP contribution in [0.4, 0.5) is 10.2 Å². The van der Waals surface area contributed by atoms with Gasteiger partial charge in [0.05, 0.1) is 23.3 Å². The average Bonchev–Trinajstić information content (AvgIpc) is 3.52. The Hall–Kier alpha value is -3.81. The molecule has 4 heterocycles. The van der Waals surface area contributed by atoms with E-state index < -0.39 is 11.7 Å². The van der Waals surface area contributed by atoms with Crippen LogP contribution < -0.4 is 5.32 Å². The summed E-state index contributed by atoms with van der Waals surface area (Å²) in [5, 5.41) is 2.76. The van der Waals surface area contributed by atoms with E-state index in [4.69, 9.17) is 0 Å². The summed E-state index contributed by atoms with van der Waals surface area (Å²) in [6.07, 6.45) is 7.56. The van der Waals surface area contributed by atoms with Crippen LogP contribution in [0.3, 0.4) is 0 Å². The molecule has 0 saturated heterocycles. The van der Waals surface area contributed by atoms with Crippen molar-refractivity contribution in [2.24, 2.45) is 0 Å². The number of hydrogen-bond acceptors (Lipinski definition) is 4. The third-order valence-corrected chi connectivity index (χ3v) is 6.51. The molecule has 1 atom stereocenters. The van der Waals surface area contributed by atoms with Crippen molar-refractivity contribution in [1.82, 2.24) is 24.1 Å². The zero-order chi connectivity index (χ0) is 24.9. The Labute approximate surface area is 204 Å². The van der Waals surface area contributed by atoms with E-state index in [1.165, 1.54) is 11.8 Å². The fraction of sp³-hybridized carbons (Fsp3) is 0.333. The normalized spacial score (nSPS) is 15.3. The van der Waals surface area contributed by atoms with Gasteiger partial charge >= 0.3 is 0 Å². The molecule has 1 aromatic carbocycles. The van der Waals surface area contributed by atoms with Gasteiger partial charge in [-0.05, 0) is 56.5 Å². The number of nitrogens with one attached hydrogen (secondary N) is 1. The lowest BCUT2D eigenvalue weighted by atomic mass is 9.93. The molecule has 0 unspecified atom stereocenters. The lowest BCUT2D eigenvalue weighted by molar-refractivity contribution is 0.102. The number of imidazole rings is 2. The Kier molecular flexibility index (Phi) is 5.54. The van der Waals surface area contributed by atoms with E-state index in [1.807, 2.05) is 36.0 Å². The molecule has 1 amide bonds. The van der Waals surface area contributed by atoms with E-state index in [0.717, 1.165) is 24.4 Å². The number of benzene rings is 1. The first-order chi connectivity index (χ1) is 16.6. The van der Waals surface area contributed by atoms with Crippen molar-refractivity contribution in [2.75, 3.05) is 5.32 Å². The minimum atomic E-state index is -0.587. The van der Waals surface area contributed by atoms with Gasteiger partial charge in [-0.15, -0.1) is 0 Å². The molecule has 180 valence electrons. The molecule has 0 aliphatic carbocycles. The van der Waals surface area contributed by atoms with E-state index in [2.05, 4.69) is 52.5 Å². The molecule has 0 radical (unpaired) electrons. The second-order valence-electron chi connectivity index (χ2n) is 10.2. The highest BCUT2D eigenvalue weighted by atomic mass is 19.1. The van der Waals surface area contributed by atoms with Crippen molar-refractivity contribution < 1.29 is 9.18 Å². The Bertz CT molecular complexity index is 1430. The Morgan fingerprint density at radius 2 is 2.00 bits per heavy atom. The smallest absolute Gasteiger partial charge is 0.259 e. The minimum Gasteiger partial charge on any atom is -0.324 e. The monoisotopic (exact) mass is 472 g/mol. The van der Waals surface area contributed by atoms with Crippen LogP contribution in [-0.2, 0) is 11.8 Å². The van der Waals surface area contributed by atoms with Gasteiger partial charge in [-0.25, -0.2) is 19.3 Å². The van der Waals surface area contributed by atoms with Crippen molar-refractivity contribution in [3.63, 3.8) is 0 Å².